The zero-order valence-electron chi connectivity index (χ0n) is 11.1. The number of benzene rings is 1. The first kappa shape index (κ1) is 13.0. The van der Waals surface area contributed by atoms with Crippen molar-refractivity contribution in [3.8, 4) is 0 Å². The number of hydrogen-bond acceptors (Lipinski definition) is 1. The molecule has 16 heavy (non-hydrogen) atoms. The minimum Gasteiger partial charge on any atom is -0.294 e. The van der Waals surface area contributed by atoms with Gasteiger partial charge in [0.25, 0.3) is 0 Å². The normalized spacial score (nSPS) is 11.6. The van der Waals surface area contributed by atoms with Crippen molar-refractivity contribution in [2.24, 2.45) is 0 Å². The summed E-state index contributed by atoms with van der Waals surface area (Å²) in [6, 6.07) is 6.07. The largest absolute Gasteiger partial charge is 0.294 e. The minimum atomic E-state index is 0.104. The van der Waals surface area contributed by atoms with E-state index in [0.717, 1.165) is 12.0 Å². The SMILES string of the molecule is CCCC(=O)c1ccc(C)c(C(C)(C)C)c1. The summed E-state index contributed by atoms with van der Waals surface area (Å²) in [5.41, 5.74) is 3.50. The smallest absolute Gasteiger partial charge is 0.162 e. The summed E-state index contributed by atoms with van der Waals surface area (Å²) in [7, 11) is 0. The lowest BCUT2D eigenvalue weighted by atomic mass is 9.82. The molecule has 0 saturated carbocycles. The number of carbonyl (C=O) groups is 1. The molecule has 0 aliphatic rings. The molecule has 1 nitrogen and oxygen atoms in total. The maximum absolute atomic E-state index is 11.8. The summed E-state index contributed by atoms with van der Waals surface area (Å²) < 4.78 is 0. The van der Waals surface area contributed by atoms with Crippen LogP contribution in [0.15, 0.2) is 18.2 Å². The highest BCUT2D eigenvalue weighted by Gasteiger charge is 2.17. The second kappa shape index (κ2) is 4.82. The first-order chi connectivity index (χ1) is 7.36. The van der Waals surface area contributed by atoms with Crippen molar-refractivity contribution in [1.82, 2.24) is 0 Å². The van der Waals surface area contributed by atoms with E-state index in [0.29, 0.717) is 6.42 Å². The molecule has 0 saturated heterocycles. The Balaban J connectivity index is 3.13. The van der Waals surface area contributed by atoms with E-state index in [1.807, 2.05) is 13.0 Å². The highest BCUT2D eigenvalue weighted by molar-refractivity contribution is 5.96. The lowest BCUT2D eigenvalue weighted by molar-refractivity contribution is 0.0981. The van der Waals surface area contributed by atoms with Gasteiger partial charge in [-0.1, -0.05) is 39.8 Å². The molecule has 0 spiro atoms. The number of ketones is 1. The Labute approximate surface area is 98.9 Å². The number of hydrogen-bond donors (Lipinski definition) is 0. The zero-order valence-corrected chi connectivity index (χ0v) is 11.1. The molecule has 0 aromatic heterocycles. The van der Waals surface area contributed by atoms with Crippen molar-refractivity contribution < 1.29 is 4.79 Å². The maximum Gasteiger partial charge on any atom is 0.162 e. The fourth-order valence-corrected chi connectivity index (χ4v) is 1.97. The molecular weight excluding hydrogens is 196 g/mol. The molecule has 1 aromatic carbocycles. The number of carbonyl (C=O) groups excluding carboxylic acids is 1. The van der Waals surface area contributed by atoms with E-state index in [4.69, 9.17) is 0 Å². The van der Waals surface area contributed by atoms with Crippen LogP contribution in [0.4, 0.5) is 0 Å². The lowest BCUT2D eigenvalue weighted by Crippen LogP contribution is -2.14. The fourth-order valence-electron chi connectivity index (χ4n) is 1.97. The predicted octanol–water partition coefficient (Wildman–Crippen LogP) is 4.28. The van der Waals surface area contributed by atoms with Gasteiger partial charge >= 0.3 is 0 Å². The third kappa shape index (κ3) is 2.94. The molecule has 1 aromatic rings. The van der Waals surface area contributed by atoms with Gasteiger partial charge in [0.05, 0.1) is 0 Å². The minimum absolute atomic E-state index is 0.104. The van der Waals surface area contributed by atoms with Gasteiger partial charge in [0.15, 0.2) is 5.78 Å². The van der Waals surface area contributed by atoms with Crippen LogP contribution >= 0.6 is 0 Å². The number of Topliss-reactive ketones (excluding diaryl/α,β-unsaturated/α-hetero) is 1. The highest BCUT2D eigenvalue weighted by Crippen LogP contribution is 2.26. The molecule has 0 bridgehead atoms. The molecule has 0 N–H and O–H groups in total. The summed E-state index contributed by atoms with van der Waals surface area (Å²) in [6.07, 6.45) is 1.56. The molecule has 0 heterocycles. The van der Waals surface area contributed by atoms with E-state index in [1.165, 1.54) is 11.1 Å². The average Bonchev–Trinajstić information content (AvgIpc) is 2.16. The summed E-state index contributed by atoms with van der Waals surface area (Å²) in [6.45, 7) is 10.7. The fraction of sp³-hybridized carbons (Fsp3) is 0.533. The highest BCUT2D eigenvalue weighted by atomic mass is 16.1. The molecule has 1 rings (SSSR count). The topological polar surface area (TPSA) is 17.1 Å². The number of rotatable bonds is 3. The second-order valence-corrected chi connectivity index (χ2v) is 5.45. The quantitative estimate of drug-likeness (QED) is 0.692. The van der Waals surface area contributed by atoms with Gasteiger partial charge in [-0.3, -0.25) is 4.79 Å². The standard InChI is InChI=1S/C15H22O/c1-6-7-14(16)12-9-8-11(2)13(10-12)15(3,4)5/h8-10H,6-7H2,1-5H3. The van der Waals surface area contributed by atoms with Crippen LogP contribution in [0.3, 0.4) is 0 Å². The number of aryl methyl sites for hydroxylation is 1. The van der Waals surface area contributed by atoms with Crippen molar-refractivity contribution in [2.75, 3.05) is 0 Å². The molecule has 0 unspecified atom stereocenters. The lowest BCUT2D eigenvalue weighted by Gasteiger charge is -2.22. The average molecular weight is 218 g/mol. The molecule has 0 atom stereocenters. The van der Waals surface area contributed by atoms with Crippen LogP contribution in [0.2, 0.25) is 0 Å². The van der Waals surface area contributed by atoms with Crippen LogP contribution in [-0.4, -0.2) is 5.78 Å². The molecule has 88 valence electrons. The summed E-state index contributed by atoms with van der Waals surface area (Å²) in [4.78, 5) is 11.8. The van der Waals surface area contributed by atoms with E-state index in [9.17, 15) is 4.79 Å². The van der Waals surface area contributed by atoms with Crippen molar-refractivity contribution in [1.29, 1.82) is 0 Å². The Kier molecular flexibility index (Phi) is 3.90. The second-order valence-electron chi connectivity index (χ2n) is 5.45. The van der Waals surface area contributed by atoms with Gasteiger partial charge in [-0.2, -0.15) is 0 Å². The third-order valence-electron chi connectivity index (χ3n) is 2.84. The summed E-state index contributed by atoms with van der Waals surface area (Å²) >= 11 is 0. The van der Waals surface area contributed by atoms with Gasteiger partial charge < -0.3 is 0 Å². The monoisotopic (exact) mass is 218 g/mol. The van der Waals surface area contributed by atoms with E-state index in [-0.39, 0.29) is 11.2 Å². The molecule has 0 aliphatic carbocycles. The van der Waals surface area contributed by atoms with Gasteiger partial charge in [0, 0.05) is 12.0 Å². The van der Waals surface area contributed by atoms with Crippen molar-refractivity contribution >= 4 is 5.78 Å². The summed E-state index contributed by atoms with van der Waals surface area (Å²) in [5, 5.41) is 0. The molecule has 0 radical (unpaired) electrons. The molecule has 0 amide bonds. The maximum atomic E-state index is 11.8. The Morgan fingerprint density at radius 3 is 2.38 bits per heavy atom. The third-order valence-corrected chi connectivity index (χ3v) is 2.84. The first-order valence-electron chi connectivity index (χ1n) is 6.00. The predicted molar refractivity (Wildman–Crippen MR) is 69.1 cm³/mol. The van der Waals surface area contributed by atoms with E-state index in [2.05, 4.69) is 39.8 Å². The summed E-state index contributed by atoms with van der Waals surface area (Å²) in [5.74, 6) is 0.257. The van der Waals surface area contributed by atoms with Crippen molar-refractivity contribution in [3.05, 3.63) is 34.9 Å². The molecule has 1 heteroatoms. The van der Waals surface area contributed by atoms with Crippen LogP contribution in [0.25, 0.3) is 0 Å². The van der Waals surface area contributed by atoms with Gasteiger partial charge in [-0.15, -0.1) is 0 Å². The Bertz CT molecular complexity index is 383. The van der Waals surface area contributed by atoms with Gasteiger partial charge in [-0.25, -0.2) is 0 Å². The molecular formula is C15H22O. The van der Waals surface area contributed by atoms with E-state index in [1.54, 1.807) is 0 Å². The van der Waals surface area contributed by atoms with E-state index >= 15 is 0 Å². The van der Waals surface area contributed by atoms with Gasteiger partial charge in [0.1, 0.15) is 0 Å². The van der Waals surface area contributed by atoms with Crippen molar-refractivity contribution in [3.63, 3.8) is 0 Å². The van der Waals surface area contributed by atoms with E-state index < -0.39 is 0 Å². The Morgan fingerprint density at radius 2 is 1.88 bits per heavy atom. The Hall–Kier alpha value is -1.11. The van der Waals surface area contributed by atoms with Crippen LogP contribution in [0.1, 0.15) is 62.0 Å². The zero-order chi connectivity index (χ0) is 12.3. The van der Waals surface area contributed by atoms with Crippen LogP contribution in [-0.2, 0) is 5.41 Å². The van der Waals surface area contributed by atoms with Crippen LogP contribution in [0, 0.1) is 6.92 Å². The Morgan fingerprint density at radius 1 is 1.25 bits per heavy atom. The molecule has 0 aliphatic heterocycles. The van der Waals surface area contributed by atoms with Gasteiger partial charge in [0.2, 0.25) is 0 Å². The van der Waals surface area contributed by atoms with Crippen molar-refractivity contribution in [2.45, 2.75) is 52.9 Å². The first-order valence-corrected chi connectivity index (χ1v) is 6.00. The van der Waals surface area contributed by atoms with Gasteiger partial charge in [-0.05, 0) is 36.0 Å². The molecule has 0 fully saturated rings. The van der Waals surface area contributed by atoms with Crippen LogP contribution < -0.4 is 0 Å². The van der Waals surface area contributed by atoms with Crippen LogP contribution in [0.5, 0.6) is 0 Å².